The number of hydrogen-bond acceptors (Lipinski definition) is 5. The fourth-order valence-electron chi connectivity index (χ4n) is 3.16. The molecule has 0 aliphatic carbocycles. The Morgan fingerprint density at radius 2 is 1.83 bits per heavy atom. The third kappa shape index (κ3) is 4.32. The number of aryl methyl sites for hydroxylation is 2. The second-order valence-corrected chi connectivity index (χ2v) is 7.85. The number of rotatable bonds is 7. The zero-order valence-corrected chi connectivity index (χ0v) is 17.9. The number of allylic oxidation sites excluding steroid dienone is 1. The lowest BCUT2D eigenvalue weighted by atomic mass is 10.0. The van der Waals surface area contributed by atoms with E-state index in [1.54, 1.807) is 24.3 Å². The number of fused-ring (bicyclic) bond motifs is 1. The number of benzene rings is 2. The average Bonchev–Trinajstić information content (AvgIpc) is 2.98. The molecule has 6 nitrogen and oxygen atoms in total. The zero-order chi connectivity index (χ0) is 22.1. The maximum Gasteiger partial charge on any atom is 0.347 e. The first-order chi connectivity index (χ1) is 14.1. The van der Waals surface area contributed by atoms with Gasteiger partial charge in [0.25, 0.3) is 0 Å². The van der Waals surface area contributed by atoms with Crippen LogP contribution >= 0.6 is 0 Å². The number of carbonyl (C=O) groups is 2. The van der Waals surface area contributed by atoms with Crippen LogP contribution in [0.2, 0.25) is 0 Å². The van der Waals surface area contributed by atoms with Gasteiger partial charge >= 0.3 is 5.97 Å². The molecular weight excluding hydrogens is 384 g/mol. The molecule has 6 heteroatoms. The number of carboxylic acid groups (broad SMARTS) is 1. The topological polar surface area (TPSA) is 82.1 Å². The van der Waals surface area contributed by atoms with Gasteiger partial charge in [0, 0.05) is 6.07 Å². The van der Waals surface area contributed by atoms with Gasteiger partial charge in [0.2, 0.25) is 5.78 Å². The van der Waals surface area contributed by atoms with Crippen molar-refractivity contribution in [1.82, 2.24) is 0 Å². The summed E-state index contributed by atoms with van der Waals surface area (Å²) in [7, 11) is 0. The summed E-state index contributed by atoms with van der Waals surface area (Å²) in [5.74, 6) is 0.669. The number of aliphatic carboxylic acids is 1. The van der Waals surface area contributed by atoms with Crippen molar-refractivity contribution in [3.05, 3.63) is 58.3 Å². The smallest absolute Gasteiger partial charge is 0.347 e. The molecular formula is C24H26O6. The van der Waals surface area contributed by atoms with Gasteiger partial charge < -0.3 is 19.3 Å². The predicted octanol–water partition coefficient (Wildman–Crippen LogP) is 4.95. The van der Waals surface area contributed by atoms with Crippen LogP contribution in [0.5, 0.6) is 17.2 Å². The van der Waals surface area contributed by atoms with Gasteiger partial charge in [0.05, 0.1) is 12.2 Å². The van der Waals surface area contributed by atoms with E-state index >= 15 is 0 Å². The molecule has 158 valence electrons. The fraction of sp³-hybridized carbons (Fsp3) is 0.333. The van der Waals surface area contributed by atoms with Crippen LogP contribution in [0.15, 0.2) is 36.1 Å². The summed E-state index contributed by atoms with van der Waals surface area (Å²) in [6.45, 7) is 9.31. The van der Waals surface area contributed by atoms with Crippen LogP contribution in [0.3, 0.4) is 0 Å². The van der Waals surface area contributed by atoms with Crippen molar-refractivity contribution >= 4 is 17.8 Å². The molecule has 2 aromatic carbocycles. The van der Waals surface area contributed by atoms with E-state index in [9.17, 15) is 14.7 Å². The van der Waals surface area contributed by atoms with Crippen molar-refractivity contribution in [2.75, 3.05) is 6.61 Å². The van der Waals surface area contributed by atoms with Gasteiger partial charge in [0.15, 0.2) is 11.4 Å². The molecule has 1 aliphatic rings. The number of carboxylic acids is 1. The highest BCUT2D eigenvalue weighted by atomic mass is 16.5. The summed E-state index contributed by atoms with van der Waals surface area (Å²) in [6.07, 6.45) is 2.57. The second-order valence-electron chi connectivity index (χ2n) is 7.85. The summed E-state index contributed by atoms with van der Waals surface area (Å²) in [5, 5.41) is 9.31. The molecule has 1 N–H and O–H groups in total. The maximum absolute atomic E-state index is 12.7. The minimum atomic E-state index is -1.35. The van der Waals surface area contributed by atoms with Crippen LogP contribution in [-0.4, -0.2) is 29.1 Å². The van der Waals surface area contributed by atoms with Gasteiger partial charge in [-0.25, -0.2) is 4.79 Å². The molecule has 3 rings (SSSR count). The van der Waals surface area contributed by atoms with Crippen molar-refractivity contribution in [3.8, 4) is 17.2 Å². The molecule has 30 heavy (non-hydrogen) atoms. The number of ketones is 1. The summed E-state index contributed by atoms with van der Waals surface area (Å²) in [4.78, 5) is 24.1. The minimum Gasteiger partial charge on any atom is -0.493 e. The van der Waals surface area contributed by atoms with E-state index in [-0.39, 0.29) is 11.5 Å². The Bertz CT molecular complexity index is 1010. The van der Waals surface area contributed by atoms with Gasteiger partial charge in [-0.1, -0.05) is 6.92 Å². The highest BCUT2D eigenvalue weighted by molar-refractivity contribution is 6.14. The summed E-state index contributed by atoms with van der Waals surface area (Å²) in [6, 6.07) is 8.88. The molecule has 0 fully saturated rings. The lowest BCUT2D eigenvalue weighted by Gasteiger charge is -2.24. The van der Waals surface area contributed by atoms with Gasteiger partial charge in [-0.05, 0) is 81.1 Å². The van der Waals surface area contributed by atoms with Gasteiger partial charge in [0.1, 0.15) is 17.2 Å². The Balaban J connectivity index is 1.86. The molecule has 0 saturated heterocycles. The first-order valence-corrected chi connectivity index (χ1v) is 9.87. The molecule has 0 radical (unpaired) electrons. The average molecular weight is 410 g/mol. The standard InChI is InChI=1S/C24H26O6/c1-6-9-28-17-7-8-18-19(13-17)29-20(21(18)25)12-16-10-14(2)22(15(3)11-16)30-24(4,5)23(26)27/h7-8,10-13H,6,9H2,1-5H3,(H,26,27)/b20-12-. The van der Waals surface area contributed by atoms with Gasteiger partial charge in [-0.2, -0.15) is 0 Å². The Morgan fingerprint density at radius 3 is 2.43 bits per heavy atom. The molecule has 1 heterocycles. The van der Waals surface area contributed by atoms with Crippen LogP contribution in [0.25, 0.3) is 6.08 Å². The van der Waals surface area contributed by atoms with E-state index in [4.69, 9.17) is 14.2 Å². The van der Waals surface area contributed by atoms with E-state index in [0.717, 1.165) is 23.1 Å². The Kier molecular flexibility index (Phi) is 5.87. The van der Waals surface area contributed by atoms with E-state index in [1.807, 2.05) is 32.9 Å². The monoisotopic (exact) mass is 410 g/mol. The maximum atomic E-state index is 12.7. The van der Waals surface area contributed by atoms with Crippen molar-refractivity contribution in [2.45, 2.75) is 46.6 Å². The molecule has 0 amide bonds. The van der Waals surface area contributed by atoms with Crippen molar-refractivity contribution < 1.29 is 28.9 Å². The fourth-order valence-corrected chi connectivity index (χ4v) is 3.16. The molecule has 2 aromatic rings. The molecule has 0 saturated carbocycles. The van der Waals surface area contributed by atoms with Crippen molar-refractivity contribution in [3.63, 3.8) is 0 Å². The predicted molar refractivity (Wildman–Crippen MR) is 113 cm³/mol. The van der Waals surface area contributed by atoms with Crippen LogP contribution in [0.4, 0.5) is 0 Å². The van der Waals surface area contributed by atoms with Crippen LogP contribution < -0.4 is 14.2 Å². The minimum absolute atomic E-state index is 0.185. The second kappa shape index (κ2) is 8.22. The SMILES string of the molecule is CCCOc1ccc2c(c1)O/C(=C\c1cc(C)c(OC(C)(C)C(=O)O)c(C)c1)C2=O. The Hall–Kier alpha value is -3.28. The lowest BCUT2D eigenvalue weighted by Crippen LogP contribution is -2.38. The summed E-state index contributed by atoms with van der Waals surface area (Å²) in [5.41, 5.74) is 1.47. The molecule has 0 unspecified atom stereocenters. The highest BCUT2D eigenvalue weighted by Gasteiger charge is 2.31. The molecule has 0 spiro atoms. The highest BCUT2D eigenvalue weighted by Crippen LogP contribution is 2.36. The lowest BCUT2D eigenvalue weighted by molar-refractivity contribution is -0.152. The van der Waals surface area contributed by atoms with Gasteiger partial charge in [-0.3, -0.25) is 4.79 Å². The molecule has 0 aromatic heterocycles. The van der Waals surface area contributed by atoms with Gasteiger partial charge in [-0.15, -0.1) is 0 Å². The first kappa shape index (κ1) is 21.4. The quantitative estimate of drug-likeness (QED) is 0.651. The van der Waals surface area contributed by atoms with Crippen molar-refractivity contribution in [2.24, 2.45) is 0 Å². The third-order valence-electron chi connectivity index (χ3n) is 4.77. The van der Waals surface area contributed by atoms with Crippen LogP contribution in [-0.2, 0) is 4.79 Å². The first-order valence-electron chi connectivity index (χ1n) is 9.87. The van der Waals surface area contributed by atoms with E-state index in [1.165, 1.54) is 13.8 Å². The molecule has 0 atom stereocenters. The third-order valence-corrected chi connectivity index (χ3v) is 4.77. The van der Waals surface area contributed by atoms with Crippen molar-refractivity contribution in [1.29, 1.82) is 0 Å². The number of carbonyl (C=O) groups excluding carboxylic acids is 1. The largest absolute Gasteiger partial charge is 0.493 e. The normalized spacial score (nSPS) is 14.4. The van der Waals surface area contributed by atoms with E-state index in [0.29, 0.717) is 29.4 Å². The summed E-state index contributed by atoms with van der Waals surface area (Å²) >= 11 is 0. The van der Waals surface area contributed by atoms with Crippen LogP contribution in [0, 0.1) is 13.8 Å². The van der Waals surface area contributed by atoms with E-state index < -0.39 is 11.6 Å². The number of Topliss-reactive ketones (excluding diaryl/α,β-unsaturated/α-hetero) is 1. The number of hydrogen-bond donors (Lipinski definition) is 1. The zero-order valence-electron chi connectivity index (χ0n) is 17.9. The molecule has 1 aliphatic heterocycles. The Morgan fingerprint density at radius 1 is 1.17 bits per heavy atom. The molecule has 0 bridgehead atoms. The summed E-state index contributed by atoms with van der Waals surface area (Å²) < 4.78 is 17.1. The van der Waals surface area contributed by atoms with Crippen LogP contribution in [0.1, 0.15) is 54.2 Å². The number of ether oxygens (including phenoxy) is 3. The Labute approximate surface area is 176 Å². The van der Waals surface area contributed by atoms with E-state index in [2.05, 4.69) is 0 Å².